The second kappa shape index (κ2) is 8.85. The van der Waals surface area contributed by atoms with E-state index in [1.54, 1.807) is 4.90 Å². The number of amides is 1. The molecule has 0 spiro atoms. The Morgan fingerprint density at radius 2 is 1.86 bits per heavy atom. The molecule has 1 amide bonds. The molecule has 3 nitrogen and oxygen atoms in total. The number of alkyl halides is 1. The van der Waals surface area contributed by atoms with Crippen molar-refractivity contribution in [3.05, 3.63) is 41.5 Å². The fourth-order valence-corrected chi connectivity index (χ4v) is 2.17. The van der Waals surface area contributed by atoms with E-state index in [2.05, 4.69) is 13.8 Å². The van der Waals surface area contributed by atoms with Crippen LogP contribution in [0.5, 0.6) is 0 Å². The minimum atomic E-state index is -0.152. The molecular weight excluding hydrogens is 286 g/mol. The monoisotopic (exact) mass is 309 g/mol. The highest BCUT2D eigenvalue weighted by molar-refractivity contribution is 6.27. The van der Waals surface area contributed by atoms with Crippen molar-refractivity contribution in [2.45, 2.75) is 27.7 Å². The molecule has 0 N–H and O–H groups in total. The topological polar surface area (TPSA) is 29.5 Å². The fraction of sp³-hybridized carbons (Fsp3) is 0.471. The molecule has 0 saturated carbocycles. The molecule has 0 atom stereocenters. The van der Waals surface area contributed by atoms with Crippen LogP contribution in [0.2, 0.25) is 0 Å². The van der Waals surface area contributed by atoms with Crippen LogP contribution in [0.4, 0.5) is 0 Å². The summed E-state index contributed by atoms with van der Waals surface area (Å²) in [5.41, 5.74) is 2.90. The van der Waals surface area contributed by atoms with Crippen LogP contribution in [-0.2, 0) is 9.53 Å². The molecule has 0 aromatic heterocycles. The second-order valence-corrected chi connectivity index (χ2v) is 5.83. The Morgan fingerprint density at radius 3 is 2.33 bits per heavy atom. The Bertz CT molecular complexity index is 479. The maximum Gasteiger partial charge on any atom is 0.243 e. The van der Waals surface area contributed by atoms with Crippen LogP contribution in [0.25, 0.3) is 5.70 Å². The first kappa shape index (κ1) is 17.7. The van der Waals surface area contributed by atoms with Crippen molar-refractivity contribution in [2.24, 2.45) is 5.92 Å². The van der Waals surface area contributed by atoms with Gasteiger partial charge in [-0.1, -0.05) is 49.8 Å². The van der Waals surface area contributed by atoms with Gasteiger partial charge in [0.05, 0.1) is 12.3 Å². The molecule has 0 radical (unpaired) electrons. The molecule has 0 unspecified atom stereocenters. The summed E-state index contributed by atoms with van der Waals surface area (Å²) in [5, 5.41) is 0. The van der Waals surface area contributed by atoms with Crippen LogP contribution in [0.15, 0.2) is 35.9 Å². The molecule has 0 saturated heterocycles. The zero-order valence-electron chi connectivity index (χ0n) is 13.2. The van der Waals surface area contributed by atoms with Gasteiger partial charge in [0.15, 0.2) is 0 Å². The van der Waals surface area contributed by atoms with E-state index in [1.807, 2.05) is 44.2 Å². The van der Waals surface area contributed by atoms with E-state index >= 15 is 0 Å². The number of benzene rings is 1. The molecule has 0 aliphatic heterocycles. The maximum atomic E-state index is 12.2. The molecule has 21 heavy (non-hydrogen) atoms. The third-order valence-electron chi connectivity index (χ3n) is 2.88. The molecule has 0 heterocycles. The lowest BCUT2D eigenvalue weighted by Crippen LogP contribution is -2.33. The Hall–Kier alpha value is -1.32. The molecule has 1 rings (SSSR count). The molecular formula is C17H24ClNO2. The van der Waals surface area contributed by atoms with Gasteiger partial charge in [-0.2, -0.15) is 0 Å². The highest BCUT2D eigenvalue weighted by atomic mass is 35.5. The van der Waals surface area contributed by atoms with Crippen molar-refractivity contribution in [3.63, 3.8) is 0 Å². The lowest BCUT2D eigenvalue weighted by atomic mass is 10.1. The molecule has 116 valence electrons. The predicted molar refractivity (Wildman–Crippen MR) is 87.9 cm³/mol. The van der Waals surface area contributed by atoms with Crippen molar-refractivity contribution in [1.82, 2.24) is 4.90 Å². The lowest BCUT2D eigenvalue weighted by Gasteiger charge is -2.27. The van der Waals surface area contributed by atoms with E-state index < -0.39 is 0 Å². The molecule has 0 aliphatic carbocycles. The van der Waals surface area contributed by atoms with Gasteiger partial charge in [0.2, 0.25) is 5.91 Å². The first-order valence-electron chi connectivity index (χ1n) is 7.14. The lowest BCUT2D eigenvalue weighted by molar-refractivity contribution is -0.129. The minimum Gasteiger partial charge on any atom is -0.360 e. The first-order valence-corrected chi connectivity index (χ1v) is 7.67. The zero-order valence-corrected chi connectivity index (χ0v) is 14.0. The van der Waals surface area contributed by atoms with E-state index in [-0.39, 0.29) is 18.5 Å². The normalized spacial score (nSPS) is 10.6. The van der Waals surface area contributed by atoms with Gasteiger partial charge < -0.3 is 4.74 Å². The van der Waals surface area contributed by atoms with Crippen molar-refractivity contribution in [2.75, 3.05) is 19.2 Å². The second-order valence-electron chi connectivity index (χ2n) is 5.56. The Kier molecular flexibility index (Phi) is 7.48. The molecule has 0 bridgehead atoms. The predicted octanol–water partition coefficient (Wildman–Crippen LogP) is 4.14. The van der Waals surface area contributed by atoms with Gasteiger partial charge >= 0.3 is 0 Å². The van der Waals surface area contributed by atoms with Gasteiger partial charge in [0, 0.05) is 0 Å². The highest BCUT2D eigenvalue weighted by Gasteiger charge is 2.20. The third kappa shape index (κ3) is 5.52. The minimum absolute atomic E-state index is 0.0609. The number of carbonyl (C=O) groups is 1. The summed E-state index contributed by atoms with van der Waals surface area (Å²) in [6.07, 6.45) is 0. The number of hydrogen-bond donors (Lipinski definition) is 0. The Morgan fingerprint density at radius 1 is 1.24 bits per heavy atom. The Labute approximate surface area is 132 Å². The van der Waals surface area contributed by atoms with Crippen molar-refractivity contribution >= 4 is 23.2 Å². The van der Waals surface area contributed by atoms with Gasteiger partial charge in [-0.25, -0.2) is 0 Å². The van der Waals surface area contributed by atoms with E-state index in [9.17, 15) is 4.79 Å². The smallest absolute Gasteiger partial charge is 0.243 e. The third-order valence-corrected chi connectivity index (χ3v) is 3.11. The molecule has 0 fully saturated rings. The van der Waals surface area contributed by atoms with Gasteiger partial charge in [-0.05, 0) is 25.3 Å². The van der Waals surface area contributed by atoms with E-state index in [0.717, 1.165) is 16.8 Å². The summed E-state index contributed by atoms with van der Waals surface area (Å²) in [4.78, 5) is 13.8. The van der Waals surface area contributed by atoms with Crippen LogP contribution < -0.4 is 0 Å². The van der Waals surface area contributed by atoms with Crippen LogP contribution >= 0.6 is 11.6 Å². The van der Waals surface area contributed by atoms with Crippen LogP contribution in [0.3, 0.4) is 0 Å². The largest absolute Gasteiger partial charge is 0.360 e. The number of halogens is 1. The summed E-state index contributed by atoms with van der Waals surface area (Å²) in [5.74, 6) is 0.208. The molecule has 1 aromatic rings. The summed E-state index contributed by atoms with van der Waals surface area (Å²) in [6.45, 7) is 8.95. The first-order chi connectivity index (χ1) is 9.97. The maximum absolute atomic E-state index is 12.2. The SMILES string of the molecule is CC(C)=C(c1ccccc1)N(COCC(C)C)C(=O)CCl. The van der Waals surface area contributed by atoms with Gasteiger partial charge in [-0.3, -0.25) is 9.69 Å². The van der Waals surface area contributed by atoms with Crippen molar-refractivity contribution in [1.29, 1.82) is 0 Å². The van der Waals surface area contributed by atoms with Gasteiger partial charge in [0.25, 0.3) is 0 Å². The van der Waals surface area contributed by atoms with Gasteiger partial charge in [-0.15, -0.1) is 11.6 Å². The summed E-state index contributed by atoms with van der Waals surface area (Å²) < 4.78 is 5.65. The van der Waals surface area contributed by atoms with Crippen molar-refractivity contribution < 1.29 is 9.53 Å². The number of allylic oxidation sites excluding steroid dienone is 1. The highest BCUT2D eigenvalue weighted by Crippen LogP contribution is 2.23. The zero-order chi connectivity index (χ0) is 15.8. The number of carbonyl (C=O) groups excluding carboxylic acids is 1. The standard InChI is InChI=1S/C17H24ClNO2/c1-13(2)11-21-12-19(16(20)10-18)17(14(3)4)15-8-6-5-7-9-15/h5-9,13H,10-12H2,1-4H3. The number of hydrogen-bond acceptors (Lipinski definition) is 2. The Balaban J connectivity index is 3.03. The van der Waals surface area contributed by atoms with Gasteiger partial charge in [0.1, 0.15) is 12.6 Å². The number of ether oxygens (including phenoxy) is 1. The summed E-state index contributed by atoms with van der Waals surface area (Å²) >= 11 is 5.76. The van der Waals surface area contributed by atoms with E-state index in [4.69, 9.17) is 16.3 Å². The van der Waals surface area contributed by atoms with Crippen LogP contribution in [0, 0.1) is 5.92 Å². The average Bonchev–Trinajstić information content (AvgIpc) is 2.45. The van der Waals surface area contributed by atoms with Crippen molar-refractivity contribution in [3.8, 4) is 0 Å². The quantitative estimate of drug-likeness (QED) is 0.560. The number of nitrogens with zero attached hydrogens (tertiary/aromatic N) is 1. The molecule has 1 aromatic carbocycles. The van der Waals surface area contributed by atoms with E-state index in [1.165, 1.54) is 0 Å². The molecule has 4 heteroatoms. The average molecular weight is 310 g/mol. The molecule has 0 aliphatic rings. The van der Waals surface area contributed by atoms with E-state index in [0.29, 0.717) is 12.5 Å². The summed E-state index contributed by atoms with van der Waals surface area (Å²) in [6, 6.07) is 9.83. The fourth-order valence-electron chi connectivity index (χ4n) is 2.02. The van der Waals surface area contributed by atoms with Crippen LogP contribution in [-0.4, -0.2) is 30.0 Å². The van der Waals surface area contributed by atoms with Crippen LogP contribution in [0.1, 0.15) is 33.3 Å². The summed E-state index contributed by atoms with van der Waals surface area (Å²) in [7, 11) is 0. The number of rotatable bonds is 7.